The molecule has 1 unspecified atom stereocenters. The summed E-state index contributed by atoms with van der Waals surface area (Å²) in [5.74, 6) is -0.293. The average Bonchev–Trinajstić information content (AvgIpc) is 2.85. The highest BCUT2D eigenvalue weighted by atomic mass is 19.1. The second-order valence-electron chi connectivity index (χ2n) is 5.04. The summed E-state index contributed by atoms with van der Waals surface area (Å²) in [6.07, 6.45) is 4.87. The predicted molar refractivity (Wildman–Crippen MR) is 70.0 cm³/mol. The maximum Gasteiger partial charge on any atom is 0.248 e. The van der Waals surface area contributed by atoms with Crippen LogP contribution in [0.4, 0.5) is 10.1 Å². The lowest BCUT2D eigenvalue weighted by Gasteiger charge is -2.22. The van der Waals surface area contributed by atoms with E-state index in [0.717, 1.165) is 0 Å². The molecule has 1 fully saturated rings. The highest BCUT2D eigenvalue weighted by Crippen LogP contribution is 2.29. The third-order valence-electron chi connectivity index (χ3n) is 3.74. The van der Waals surface area contributed by atoms with Gasteiger partial charge in [-0.05, 0) is 43.9 Å². The van der Waals surface area contributed by atoms with Crippen molar-refractivity contribution >= 4 is 11.6 Å². The third-order valence-corrected chi connectivity index (χ3v) is 3.74. The number of nitrogens with two attached hydrogens (primary N) is 1. The van der Waals surface area contributed by atoms with Crippen LogP contribution in [0, 0.1) is 11.7 Å². The van der Waals surface area contributed by atoms with Crippen LogP contribution in [0.5, 0.6) is 0 Å². The van der Waals surface area contributed by atoms with E-state index in [2.05, 4.69) is 12.2 Å². The minimum absolute atomic E-state index is 0.213. The zero-order valence-electron chi connectivity index (χ0n) is 10.6. The first kappa shape index (κ1) is 12.9. The number of halogens is 1. The number of benzene rings is 1. The number of carbonyl (C=O) groups is 1. The lowest BCUT2D eigenvalue weighted by atomic mass is 9.99. The largest absolute Gasteiger partial charge is 0.380 e. The highest BCUT2D eigenvalue weighted by molar-refractivity contribution is 5.93. The van der Waals surface area contributed by atoms with Crippen molar-refractivity contribution in [3.63, 3.8) is 0 Å². The molecular weight excluding hydrogens is 231 g/mol. The smallest absolute Gasteiger partial charge is 0.248 e. The van der Waals surface area contributed by atoms with E-state index in [1.807, 2.05) is 0 Å². The Kier molecular flexibility index (Phi) is 3.84. The summed E-state index contributed by atoms with van der Waals surface area (Å²) in [7, 11) is 0. The number of carbonyl (C=O) groups excluding carboxylic acids is 1. The first-order chi connectivity index (χ1) is 8.58. The van der Waals surface area contributed by atoms with Gasteiger partial charge in [0, 0.05) is 11.6 Å². The topological polar surface area (TPSA) is 55.1 Å². The van der Waals surface area contributed by atoms with Gasteiger partial charge in [0.25, 0.3) is 0 Å². The maximum atomic E-state index is 13.7. The van der Waals surface area contributed by atoms with Crippen molar-refractivity contribution in [3.8, 4) is 0 Å². The van der Waals surface area contributed by atoms with Crippen LogP contribution in [-0.4, -0.2) is 11.9 Å². The molecule has 0 spiro atoms. The molecule has 98 valence electrons. The molecule has 3 nitrogen and oxygen atoms in total. The van der Waals surface area contributed by atoms with E-state index in [1.165, 1.54) is 43.9 Å². The minimum Gasteiger partial charge on any atom is -0.380 e. The Hall–Kier alpha value is -1.58. The lowest BCUT2D eigenvalue weighted by Crippen LogP contribution is -2.24. The maximum absolute atomic E-state index is 13.7. The Morgan fingerprint density at radius 1 is 1.44 bits per heavy atom. The number of nitrogens with one attached hydrogen (secondary N) is 1. The number of amides is 1. The van der Waals surface area contributed by atoms with Crippen molar-refractivity contribution < 1.29 is 9.18 Å². The third kappa shape index (κ3) is 2.81. The van der Waals surface area contributed by atoms with Crippen LogP contribution in [0.15, 0.2) is 18.2 Å². The van der Waals surface area contributed by atoms with Crippen LogP contribution in [0.3, 0.4) is 0 Å². The minimum atomic E-state index is -0.536. The second-order valence-corrected chi connectivity index (χ2v) is 5.04. The number of hydrogen-bond donors (Lipinski definition) is 2. The number of primary amides is 1. The van der Waals surface area contributed by atoms with E-state index >= 15 is 0 Å². The van der Waals surface area contributed by atoms with Crippen molar-refractivity contribution in [2.45, 2.75) is 38.6 Å². The van der Waals surface area contributed by atoms with Gasteiger partial charge in [0.15, 0.2) is 0 Å². The molecule has 1 amide bonds. The summed E-state index contributed by atoms with van der Waals surface area (Å²) in [5, 5.41) is 3.16. The molecule has 1 aromatic carbocycles. The van der Waals surface area contributed by atoms with Crippen molar-refractivity contribution in [1.29, 1.82) is 0 Å². The van der Waals surface area contributed by atoms with Crippen LogP contribution in [0.2, 0.25) is 0 Å². The van der Waals surface area contributed by atoms with Crippen molar-refractivity contribution in [2.75, 3.05) is 5.32 Å². The van der Waals surface area contributed by atoms with E-state index < -0.39 is 5.91 Å². The summed E-state index contributed by atoms with van der Waals surface area (Å²) < 4.78 is 13.7. The average molecular weight is 250 g/mol. The van der Waals surface area contributed by atoms with E-state index in [4.69, 9.17) is 5.73 Å². The van der Waals surface area contributed by atoms with Crippen molar-refractivity contribution in [3.05, 3.63) is 29.6 Å². The van der Waals surface area contributed by atoms with Crippen LogP contribution in [-0.2, 0) is 0 Å². The second kappa shape index (κ2) is 5.38. The van der Waals surface area contributed by atoms with Crippen LogP contribution in [0.25, 0.3) is 0 Å². The molecule has 1 aliphatic rings. The molecule has 0 aliphatic heterocycles. The lowest BCUT2D eigenvalue weighted by molar-refractivity contribution is 0.100. The Morgan fingerprint density at radius 2 is 2.11 bits per heavy atom. The molecular formula is C14H19FN2O. The van der Waals surface area contributed by atoms with E-state index in [1.54, 1.807) is 0 Å². The first-order valence-electron chi connectivity index (χ1n) is 6.44. The fraction of sp³-hybridized carbons (Fsp3) is 0.500. The quantitative estimate of drug-likeness (QED) is 0.863. The molecule has 1 aromatic rings. The Morgan fingerprint density at radius 3 is 2.72 bits per heavy atom. The summed E-state index contributed by atoms with van der Waals surface area (Å²) in [5.41, 5.74) is 5.89. The van der Waals surface area contributed by atoms with Crippen LogP contribution in [0.1, 0.15) is 43.0 Å². The molecule has 0 radical (unpaired) electrons. The Balaban J connectivity index is 2.12. The molecule has 0 bridgehead atoms. The van der Waals surface area contributed by atoms with Gasteiger partial charge in [0.1, 0.15) is 5.82 Å². The Bertz CT molecular complexity index is 441. The SMILES string of the molecule is CC(Nc1cc(C(N)=O)ccc1F)C1CCCC1. The fourth-order valence-electron chi connectivity index (χ4n) is 2.61. The van der Waals surface area contributed by atoms with Gasteiger partial charge < -0.3 is 11.1 Å². The molecule has 4 heteroatoms. The van der Waals surface area contributed by atoms with Gasteiger partial charge in [-0.2, -0.15) is 0 Å². The molecule has 1 saturated carbocycles. The van der Waals surface area contributed by atoms with Gasteiger partial charge in [-0.1, -0.05) is 12.8 Å². The number of rotatable bonds is 4. The van der Waals surface area contributed by atoms with Gasteiger partial charge in [-0.3, -0.25) is 4.79 Å². The fourth-order valence-corrected chi connectivity index (χ4v) is 2.61. The molecule has 18 heavy (non-hydrogen) atoms. The monoisotopic (exact) mass is 250 g/mol. The standard InChI is InChI=1S/C14H19FN2O/c1-9(10-4-2-3-5-10)17-13-8-11(14(16)18)6-7-12(13)15/h6-10,17H,2-5H2,1H3,(H2,16,18). The summed E-state index contributed by atoms with van der Waals surface area (Å²) in [6, 6.07) is 4.39. The predicted octanol–water partition coefficient (Wildman–Crippen LogP) is 2.92. The van der Waals surface area contributed by atoms with Gasteiger partial charge in [-0.25, -0.2) is 4.39 Å². The van der Waals surface area contributed by atoms with Crippen LogP contribution >= 0.6 is 0 Å². The molecule has 0 heterocycles. The summed E-state index contributed by atoms with van der Waals surface area (Å²) in [6.45, 7) is 2.06. The van der Waals surface area contributed by atoms with Crippen molar-refractivity contribution in [1.82, 2.24) is 0 Å². The zero-order valence-corrected chi connectivity index (χ0v) is 10.6. The molecule has 1 atom stereocenters. The van der Waals surface area contributed by atoms with E-state index in [-0.39, 0.29) is 11.9 Å². The summed E-state index contributed by atoms with van der Waals surface area (Å²) >= 11 is 0. The van der Waals surface area contributed by atoms with E-state index in [0.29, 0.717) is 17.2 Å². The van der Waals surface area contributed by atoms with Crippen LogP contribution < -0.4 is 11.1 Å². The Labute approximate surface area is 107 Å². The number of hydrogen-bond acceptors (Lipinski definition) is 2. The molecule has 3 N–H and O–H groups in total. The molecule has 2 rings (SSSR count). The van der Waals surface area contributed by atoms with Gasteiger partial charge in [-0.15, -0.1) is 0 Å². The summed E-state index contributed by atoms with van der Waals surface area (Å²) in [4.78, 5) is 11.1. The van der Waals surface area contributed by atoms with E-state index in [9.17, 15) is 9.18 Å². The highest BCUT2D eigenvalue weighted by Gasteiger charge is 2.22. The van der Waals surface area contributed by atoms with Gasteiger partial charge in [0.2, 0.25) is 5.91 Å². The normalized spacial score (nSPS) is 17.7. The molecule has 0 saturated heterocycles. The number of anilines is 1. The molecule has 1 aliphatic carbocycles. The van der Waals surface area contributed by atoms with Gasteiger partial charge >= 0.3 is 0 Å². The van der Waals surface area contributed by atoms with Gasteiger partial charge in [0.05, 0.1) is 5.69 Å². The first-order valence-corrected chi connectivity index (χ1v) is 6.44. The molecule has 0 aromatic heterocycles. The zero-order chi connectivity index (χ0) is 13.1. The van der Waals surface area contributed by atoms with Crippen molar-refractivity contribution in [2.24, 2.45) is 11.7 Å².